The maximum absolute atomic E-state index is 12.0. The van der Waals surface area contributed by atoms with E-state index in [0.29, 0.717) is 30.3 Å². The van der Waals surface area contributed by atoms with Gasteiger partial charge in [0, 0.05) is 5.56 Å². The molecule has 1 aromatic rings. The van der Waals surface area contributed by atoms with Gasteiger partial charge in [-0.3, -0.25) is 9.59 Å². The quantitative estimate of drug-likeness (QED) is 0.767. The molecular formula is C15H21NO5. The van der Waals surface area contributed by atoms with Gasteiger partial charge in [0.25, 0.3) is 5.91 Å². The first-order chi connectivity index (χ1) is 9.99. The van der Waals surface area contributed by atoms with E-state index >= 15 is 0 Å². The van der Waals surface area contributed by atoms with E-state index in [9.17, 15) is 9.59 Å². The number of carboxylic acids is 1. The minimum absolute atomic E-state index is 0.329. The summed E-state index contributed by atoms with van der Waals surface area (Å²) < 4.78 is 11.0. The Morgan fingerprint density at radius 2 is 1.95 bits per heavy atom. The molecule has 21 heavy (non-hydrogen) atoms. The van der Waals surface area contributed by atoms with Crippen LogP contribution in [0.15, 0.2) is 18.2 Å². The smallest absolute Gasteiger partial charge is 0.325 e. The number of hydrogen-bond donors (Lipinski definition) is 2. The Hall–Kier alpha value is -2.24. The molecular weight excluding hydrogens is 274 g/mol. The second-order valence-electron chi connectivity index (χ2n) is 4.48. The van der Waals surface area contributed by atoms with Crippen LogP contribution in [-0.4, -0.2) is 36.2 Å². The van der Waals surface area contributed by atoms with Gasteiger partial charge in [0.1, 0.15) is 6.04 Å². The van der Waals surface area contributed by atoms with Gasteiger partial charge >= 0.3 is 5.97 Å². The minimum atomic E-state index is -1.09. The van der Waals surface area contributed by atoms with Crippen LogP contribution in [-0.2, 0) is 4.79 Å². The highest BCUT2D eigenvalue weighted by Crippen LogP contribution is 2.28. The molecule has 6 nitrogen and oxygen atoms in total. The Morgan fingerprint density at radius 3 is 2.52 bits per heavy atom. The molecule has 0 saturated carbocycles. The molecule has 1 rings (SSSR count). The van der Waals surface area contributed by atoms with Crippen LogP contribution in [0.3, 0.4) is 0 Å². The number of carbonyl (C=O) groups excluding carboxylic acids is 1. The fourth-order valence-electron chi connectivity index (χ4n) is 1.59. The van der Waals surface area contributed by atoms with E-state index in [4.69, 9.17) is 14.6 Å². The highest BCUT2D eigenvalue weighted by atomic mass is 16.5. The predicted octanol–water partition coefficient (Wildman–Crippen LogP) is 2.08. The van der Waals surface area contributed by atoms with Crippen molar-refractivity contribution in [1.82, 2.24) is 5.32 Å². The number of aliphatic carboxylic acids is 1. The number of hydrogen-bond acceptors (Lipinski definition) is 4. The van der Waals surface area contributed by atoms with Crippen molar-refractivity contribution in [2.45, 2.75) is 33.2 Å². The largest absolute Gasteiger partial charge is 0.490 e. The Kier molecular flexibility index (Phi) is 6.52. The fraction of sp³-hybridized carbons (Fsp3) is 0.467. The first kappa shape index (κ1) is 16.8. The molecule has 0 aliphatic heterocycles. The SMILES string of the molecule is CCCOc1ccc(C(=O)N[C@H](C)C(=O)O)cc1OCC. The van der Waals surface area contributed by atoms with E-state index in [0.717, 1.165) is 6.42 Å². The van der Waals surface area contributed by atoms with E-state index in [1.807, 2.05) is 13.8 Å². The summed E-state index contributed by atoms with van der Waals surface area (Å²) in [5, 5.41) is 11.2. The number of amides is 1. The zero-order valence-corrected chi connectivity index (χ0v) is 12.5. The minimum Gasteiger partial charge on any atom is -0.490 e. The Balaban J connectivity index is 2.90. The summed E-state index contributed by atoms with van der Waals surface area (Å²) in [4.78, 5) is 22.7. The van der Waals surface area contributed by atoms with Crippen LogP contribution in [0.25, 0.3) is 0 Å². The molecule has 6 heteroatoms. The molecule has 0 aromatic heterocycles. The first-order valence-corrected chi connectivity index (χ1v) is 6.92. The third kappa shape index (κ3) is 4.98. The number of benzene rings is 1. The topological polar surface area (TPSA) is 84.9 Å². The summed E-state index contributed by atoms with van der Waals surface area (Å²) in [7, 11) is 0. The van der Waals surface area contributed by atoms with Crippen molar-refractivity contribution in [3.05, 3.63) is 23.8 Å². The van der Waals surface area contributed by atoms with Crippen LogP contribution in [0, 0.1) is 0 Å². The van der Waals surface area contributed by atoms with E-state index in [2.05, 4.69) is 5.32 Å². The third-order valence-electron chi connectivity index (χ3n) is 2.69. The summed E-state index contributed by atoms with van der Waals surface area (Å²) >= 11 is 0. The van der Waals surface area contributed by atoms with Crippen LogP contribution >= 0.6 is 0 Å². The van der Waals surface area contributed by atoms with Crippen LogP contribution in [0.4, 0.5) is 0 Å². The first-order valence-electron chi connectivity index (χ1n) is 6.92. The van der Waals surface area contributed by atoms with Gasteiger partial charge in [0.2, 0.25) is 0 Å². The molecule has 0 aliphatic carbocycles. The van der Waals surface area contributed by atoms with E-state index < -0.39 is 17.9 Å². The lowest BCUT2D eigenvalue weighted by Gasteiger charge is -2.14. The standard InChI is InChI=1S/C15H21NO5/c1-4-8-21-12-7-6-11(9-13(12)20-5-2)14(17)16-10(3)15(18)19/h6-7,9-10H,4-5,8H2,1-3H3,(H,16,17)(H,18,19)/t10-/m1/s1. The lowest BCUT2D eigenvalue weighted by atomic mass is 10.1. The summed E-state index contributed by atoms with van der Waals surface area (Å²) in [6.07, 6.45) is 0.865. The predicted molar refractivity (Wildman–Crippen MR) is 78.0 cm³/mol. The van der Waals surface area contributed by atoms with E-state index in [-0.39, 0.29) is 0 Å². The van der Waals surface area contributed by atoms with E-state index in [1.165, 1.54) is 6.92 Å². The van der Waals surface area contributed by atoms with Crippen molar-refractivity contribution in [2.24, 2.45) is 0 Å². The lowest BCUT2D eigenvalue weighted by molar-refractivity contribution is -0.138. The molecule has 2 N–H and O–H groups in total. The third-order valence-corrected chi connectivity index (χ3v) is 2.69. The molecule has 0 heterocycles. The molecule has 0 saturated heterocycles. The van der Waals surface area contributed by atoms with Crippen LogP contribution in [0.5, 0.6) is 11.5 Å². The van der Waals surface area contributed by atoms with Crippen molar-refractivity contribution in [3.63, 3.8) is 0 Å². The van der Waals surface area contributed by atoms with Gasteiger partial charge in [0.05, 0.1) is 13.2 Å². The highest BCUT2D eigenvalue weighted by molar-refractivity contribution is 5.97. The molecule has 0 unspecified atom stereocenters. The highest BCUT2D eigenvalue weighted by Gasteiger charge is 2.17. The fourth-order valence-corrected chi connectivity index (χ4v) is 1.59. The van der Waals surface area contributed by atoms with E-state index in [1.54, 1.807) is 18.2 Å². The lowest BCUT2D eigenvalue weighted by Crippen LogP contribution is -2.38. The molecule has 116 valence electrons. The van der Waals surface area contributed by atoms with Gasteiger partial charge < -0.3 is 19.9 Å². The number of carboxylic acid groups (broad SMARTS) is 1. The normalized spacial score (nSPS) is 11.6. The van der Waals surface area contributed by atoms with Crippen molar-refractivity contribution in [1.29, 1.82) is 0 Å². The van der Waals surface area contributed by atoms with Crippen molar-refractivity contribution >= 4 is 11.9 Å². The van der Waals surface area contributed by atoms with Crippen LogP contribution in [0.2, 0.25) is 0 Å². The number of nitrogens with one attached hydrogen (secondary N) is 1. The summed E-state index contributed by atoms with van der Waals surface area (Å²) in [6.45, 7) is 6.24. The second kappa shape index (κ2) is 8.14. The van der Waals surface area contributed by atoms with Crippen molar-refractivity contribution in [3.8, 4) is 11.5 Å². The number of ether oxygens (including phenoxy) is 2. The summed E-state index contributed by atoms with van der Waals surface area (Å²) in [6, 6.07) is 3.83. The molecule has 0 radical (unpaired) electrons. The average Bonchev–Trinajstić information content (AvgIpc) is 2.45. The molecule has 0 aliphatic rings. The van der Waals surface area contributed by atoms with Gasteiger partial charge in [0.15, 0.2) is 11.5 Å². The van der Waals surface area contributed by atoms with Gasteiger partial charge in [-0.05, 0) is 38.5 Å². The zero-order valence-electron chi connectivity index (χ0n) is 12.5. The monoisotopic (exact) mass is 295 g/mol. The van der Waals surface area contributed by atoms with Crippen molar-refractivity contribution < 1.29 is 24.2 Å². The summed E-state index contributed by atoms with van der Waals surface area (Å²) in [5.74, 6) is -0.507. The number of rotatable bonds is 8. The number of carbonyl (C=O) groups is 2. The zero-order chi connectivity index (χ0) is 15.8. The van der Waals surface area contributed by atoms with Gasteiger partial charge in [-0.25, -0.2) is 0 Å². The average molecular weight is 295 g/mol. The van der Waals surface area contributed by atoms with Gasteiger partial charge in [-0.15, -0.1) is 0 Å². The molecule has 0 bridgehead atoms. The molecule has 1 amide bonds. The molecule has 1 atom stereocenters. The molecule has 0 spiro atoms. The Labute approximate surface area is 124 Å². The maximum atomic E-state index is 12.0. The van der Waals surface area contributed by atoms with Crippen LogP contribution < -0.4 is 14.8 Å². The second-order valence-corrected chi connectivity index (χ2v) is 4.48. The van der Waals surface area contributed by atoms with Gasteiger partial charge in [-0.2, -0.15) is 0 Å². The van der Waals surface area contributed by atoms with Gasteiger partial charge in [-0.1, -0.05) is 6.92 Å². The Morgan fingerprint density at radius 1 is 1.24 bits per heavy atom. The Bertz CT molecular complexity index is 501. The molecule has 1 aromatic carbocycles. The molecule has 0 fully saturated rings. The van der Waals surface area contributed by atoms with Crippen molar-refractivity contribution in [2.75, 3.05) is 13.2 Å². The van der Waals surface area contributed by atoms with Crippen LogP contribution in [0.1, 0.15) is 37.6 Å². The summed E-state index contributed by atoms with van der Waals surface area (Å²) in [5.41, 5.74) is 0.329. The maximum Gasteiger partial charge on any atom is 0.325 e.